The van der Waals surface area contributed by atoms with Gasteiger partial charge in [-0.1, -0.05) is 24.3 Å². The lowest BCUT2D eigenvalue weighted by Gasteiger charge is -2.13. The molecule has 0 bridgehead atoms. The molecule has 29 heavy (non-hydrogen) atoms. The standard InChI is InChI=1S/C19H16N4O6/c1-11(18(25)20-12-5-4-6-13(9-12)23(27)28)29-17(24)10-16-14-7-2-3-8-15(14)19(26)22-21-16/h2-9,11H,10H2,1H3,(H,20,25)(H,22,26)/t11-/m0/s1. The van der Waals surface area contributed by atoms with Crippen LogP contribution in [-0.4, -0.2) is 33.1 Å². The number of anilines is 1. The number of carbonyl (C=O) groups excluding carboxylic acids is 2. The van der Waals surface area contributed by atoms with Crippen molar-refractivity contribution in [3.63, 3.8) is 0 Å². The Kier molecular flexibility index (Phi) is 5.63. The number of fused-ring (bicyclic) bond motifs is 1. The van der Waals surface area contributed by atoms with Crippen molar-refractivity contribution in [2.24, 2.45) is 0 Å². The fourth-order valence-electron chi connectivity index (χ4n) is 2.68. The molecule has 0 fully saturated rings. The van der Waals surface area contributed by atoms with Gasteiger partial charge in [-0.05, 0) is 19.1 Å². The van der Waals surface area contributed by atoms with Gasteiger partial charge in [0.2, 0.25) is 0 Å². The van der Waals surface area contributed by atoms with Crippen LogP contribution in [-0.2, 0) is 20.7 Å². The maximum Gasteiger partial charge on any atom is 0.312 e. The second-order valence-corrected chi connectivity index (χ2v) is 6.15. The van der Waals surface area contributed by atoms with Crippen molar-refractivity contribution in [1.29, 1.82) is 0 Å². The molecule has 3 aromatic rings. The number of benzene rings is 2. The maximum absolute atomic E-state index is 12.2. The van der Waals surface area contributed by atoms with Gasteiger partial charge in [-0.25, -0.2) is 5.10 Å². The first-order valence-corrected chi connectivity index (χ1v) is 8.56. The summed E-state index contributed by atoms with van der Waals surface area (Å²) in [5, 5.41) is 20.4. The number of hydrogen-bond acceptors (Lipinski definition) is 7. The van der Waals surface area contributed by atoms with E-state index in [4.69, 9.17) is 4.74 Å². The van der Waals surface area contributed by atoms with Crippen molar-refractivity contribution >= 4 is 34.0 Å². The summed E-state index contributed by atoms with van der Waals surface area (Å²) in [5.74, 6) is -1.35. The van der Waals surface area contributed by atoms with Gasteiger partial charge in [0.05, 0.1) is 22.4 Å². The summed E-state index contributed by atoms with van der Waals surface area (Å²) in [4.78, 5) is 46.5. The molecule has 10 heteroatoms. The summed E-state index contributed by atoms with van der Waals surface area (Å²) < 4.78 is 5.13. The van der Waals surface area contributed by atoms with Gasteiger partial charge >= 0.3 is 5.97 Å². The molecule has 1 aromatic heterocycles. The van der Waals surface area contributed by atoms with Crippen LogP contribution in [0.5, 0.6) is 0 Å². The Morgan fingerprint density at radius 3 is 2.66 bits per heavy atom. The fraction of sp³-hybridized carbons (Fsp3) is 0.158. The monoisotopic (exact) mass is 396 g/mol. The zero-order valence-electron chi connectivity index (χ0n) is 15.2. The first-order valence-electron chi connectivity index (χ1n) is 8.56. The van der Waals surface area contributed by atoms with Gasteiger partial charge in [-0.15, -0.1) is 0 Å². The molecule has 0 saturated heterocycles. The third kappa shape index (κ3) is 4.61. The van der Waals surface area contributed by atoms with Crippen LogP contribution in [0, 0.1) is 10.1 Å². The predicted octanol–water partition coefficient (Wildman–Crippen LogP) is 1.94. The number of H-pyrrole nitrogens is 1. The molecule has 0 unspecified atom stereocenters. The number of carbonyl (C=O) groups is 2. The number of nitro benzene ring substituents is 1. The van der Waals surface area contributed by atoms with Gasteiger partial charge in [0.15, 0.2) is 6.10 Å². The average Bonchev–Trinajstić information content (AvgIpc) is 2.70. The normalized spacial score (nSPS) is 11.6. The van der Waals surface area contributed by atoms with E-state index in [1.165, 1.54) is 31.2 Å². The smallest absolute Gasteiger partial charge is 0.312 e. The number of nitro groups is 1. The van der Waals surface area contributed by atoms with Crippen LogP contribution in [0.25, 0.3) is 10.8 Å². The van der Waals surface area contributed by atoms with Crippen LogP contribution < -0.4 is 10.9 Å². The zero-order valence-corrected chi connectivity index (χ0v) is 15.2. The number of non-ortho nitro benzene ring substituents is 1. The Hall–Kier alpha value is -4.08. The topological polar surface area (TPSA) is 144 Å². The van der Waals surface area contributed by atoms with Crippen molar-refractivity contribution in [3.8, 4) is 0 Å². The molecule has 0 aliphatic heterocycles. The Morgan fingerprint density at radius 2 is 1.93 bits per heavy atom. The van der Waals surface area contributed by atoms with E-state index in [-0.39, 0.29) is 23.4 Å². The second kappa shape index (κ2) is 8.30. The summed E-state index contributed by atoms with van der Waals surface area (Å²) in [7, 11) is 0. The van der Waals surface area contributed by atoms with Crippen LogP contribution in [0.1, 0.15) is 12.6 Å². The van der Waals surface area contributed by atoms with Gasteiger partial charge in [0, 0.05) is 23.2 Å². The highest BCUT2D eigenvalue weighted by atomic mass is 16.6. The summed E-state index contributed by atoms with van der Waals surface area (Å²) in [5.41, 5.74) is -0.0252. The Balaban J connectivity index is 1.66. The lowest BCUT2D eigenvalue weighted by molar-refractivity contribution is -0.384. The molecule has 10 nitrogen and oxygen atoms in total. The van der Waals surface area contributed by atoms with Gasteiger partial charge in [0.25, 0.3) is 17.2 Å². The third-order valence-electron chi connectivity index (χ3n) is 4.09. The third-order valence-corrected chi connectivity index (χ3v) is 4.09. The van der Waals surface area contributed by atoms with Crippen LogP contribution in [0.2, 0.25) is 0 Å². The van der Waals surface area contributed by atoms with E-state index < -0.39 is 22.9 Å². The minimum absolute atomic E-state index is 0.177. The van der Waals surface area contributed by atoms with E-state index in [2.05, 4.69) is 15.5 Å². The molecule has 1 amide bonds. The number of esters is 1. The van der Waals surface area contributed by atoms with Crippen molar-refractivity contribution in [2.45, 2.75) is 19.4 Å². The van der Waals surface area contributed by atoms with Crippen LogP contribution in [0.15, 0.2) is 53.3 Å². The predicted molar refractivity (Wildman–Crippen MR) is 103 cm³/mol. The molecule has 1 heterocycles. The first kappa shape index (κ1) is 19.7. The van der Waals surface area contributed by atoms with E-state index >= 15 is 0 Å². The molecule has 0 spiro atoms. The van der Waals surface area contributed by atoms with Gasteiger partial charge in [-0.2, -0.15) is 5.10 Å². The second-order valence-electron chi connectivity index (χ2n) is 6.15. The highest BCUT2D eigenvalue weighted by Gasteiger charge is 2.20. The average molecular weight is 396 g/mol. The van der Waals surface area contributed by atoms with E-state index in [9.17, 15) is 24.5 Å². The molecule has 148 valence electrons. The van der Waals surface area contributed by atoms with E-state index in [0.717, 1.165) is 0 Å². The minimum Gasteiger partial charge on any atom is -0.452 e. The Bertz CT molecular complexity index is 1160. The molecule has 0 radical (unpaired) electrons. The van der Waals surface area contributed by atoms with Crippen molar-refractivity contribution in [3.05, 3.63) is 74.7 Å². The fourth-order valence-corrected chi connectivity index (χ4v) is 2.68. The van der Waals surface area contributed by atoms with Crippen LogP contribution in [0.4, 0.5) is 11.4 Å². The number of nitrogens with zero attached hydrogens (tertiary/aromatic N) is 2. The number of nitrogens with one attached hydrogen (secondary N) is 2. The van der Waals surface area contributed by atoms with Crippen molar-refractivity contribution in [1.82, 2.24) is 10.2 Å². The number of aromatic nitrogens is 2. The minimum atomic E-state index is -1.14. The van der Waals surface area contributed by atoms with E-state index in [0.29, 0.717) is 16.5 Å². The molecular weight excluding hydrogens is 380 g/mol. The van der Waals surface area contributed by atoms with Gasteiger partial charge in [0.1, 0.15) is 0 Å². The highest BCUT2D eigenvalue weighted by molar-refractivity contribution is 5.95. The van der Waals surface area contributed by atoms with Gasteiger partial charge in [-0.3, -0.25) is 24.5 Å². The molecule has 1 atom stereocenters. The molecule has 2 N–H and O–H groups in total. The maximum atomic E-state index is 12.2. The van der Waals surface area contributed by atoms with Crippen molar-refractivity contribution in [2.75, 3.05) is 5.32 Å². The largest absolute Gasteiger partial charge is 0.452 e. The molecule has 0 saturated carbocycles. The summed E-state index contributed by atoms with van der Waals surface area (Å²) >= 11 is 0. The molecule has 0 aliphatic rings. The summed E-state index contributed by atoms with van der Waals surface area (Å²) in [6, 6.07) is 12.1. The first-order chi connectivity index (χ1) is 13.8. The summed E-state index contributed by atoms with van der Waals surface area (Å²) in [6.45, 7) is 1.38. The molecule has 3 rings (SSSR count). The number of ether oxygens (including phenoxy) is 1. The van der Waals surface area contributed by atoms with E-state index in [1.807, 2.05) is 0 Å². The summed E-state index contributed by atoms with van der Waals surface area (Å²) in [6.07, 6.45) is -1.39. The molecular formula is C19H16N4O6. The van der Waals surface area contributed by atoms with Crippen molar-refractivity contribution < 1.29 is 19.2 Å². The van der Waals surface area contributed by atoms with Crippen LogP contribution >= 0.6 is 0 Å². The van der Waals surface area contributed by atoms with Gasteiger partial charge < -0.3 is 10.1 Å². The Morgan fingerprint density at radius 1 is 1.21 bits per heavy atom. The number of aromatic amines is 1. The highest BCUT2D eigenvalue weighted by Crippen LogP contribution is 2.18. The quantitative estimate of drug-likeness (QED) is 0.368. The zero-order chi connectivity index (χ0) is 21.0. The number of amides is 1. The number of hydrogen-bond donors (Lipinski definition) is 2. The SMILES string of the molecule is C[C@H](OC(=O)Cc1n[nH]c(=O)c2ccccc12)C(=O)Nc1cccc([N+](=O)[O-])c1. The van der Waals surface area contributed by atoms with E-state index in [1.54, 1.807) is 24.3 Å². The lowest BCUT2D eigenvalue weighted by atomic mass is 10.1. The molecule has 2 aromatic carbocycles. The Labute approximate surface area is 163 Å². The molecule has 0 aliphatic carbocycles. The lowest BCUT2D eigenvalue weighted by Crippen LogP contribution is -2.30. The van der Waals surface area contributed by atoms with Crippen LogP contribution in [0.3, 0.4) is 0 Å². The number of rotatable bonds is 6.